The maximum absolute atomic E-state index is 12.0. The fourth-order valence-corrected chi connectivity index (χ4v) is 2.54. The lowest BCUT2D eigenvalue weighted by Gasteiger charge is -2.35. The standard InChI is InChI=1S/C13H17N3O.C2H6/c1-10-4-2-5-12(14-10)16-9-11(8-13(16)17)15-6-3-7-15;1-2/h2,4-5,11H,3,6-9H2,1H3;1-2H3. The Morgan fingerprint density at radius 2 is 2.00 bits per heavy atom. The summed E-state index contributed by atoms with van der Waals surface area (Å²) in [6, 6.07) is 6.24. The van der Waals surface area contributed by atoms with Gasteiger partial charge < -0.3 is 0 Å². The number of aryl methyl sites for hydroxylation is 1. The van der Waals surface area contributed by atoms with Gasteiger partial charge in [0.15, 0.2) is 0 Å². The summed E-state index contributed by atoms with van der Waals surface area (Å²) in [5.74, 6) is 1.01. The van der Waals surface area contributed by atoms with E-state index in [4.69, 9.17) is 0 Å². The number of aromatic nitrogens is 1. The number of hydrogen-bond donors (Lipinski definition) is 0. The van der Waals surface area contributed by atoms with Crippen LogP contribution >= 0.6 is 0 Å². The molecule has 2 saturated heterocycles. The predicted octanol–water partition coefficient (Wildman–Crippen LogP) is 2.23. The number of nitrogens with zero attached hydrogens (tertiary/aromatic N) is 3. The van der Waals surface area contributed by atoms with E-state index in [1.165, 1.54) is 6.42 Å². The van der Waals surface area contributed by atoms with Gasteiger partial charge in [0.2, 0.25) is 5.91 Å². The molecular formula is C15H23N3O. The van der Waals surface area contributed by atoms with Crippen molar-refractivity contribution in [3.05, 3.63) is 23.9 Å². The Hall–Kier alpha value is -1.42. The SMILES string of the molecule is CC.Cc1cccc(N2CC(N3CCC3)CC2=O)n1. The predicted molar refractivity (Wildman–Crippen MR) is 77.3 cm³/mol. The summed E-state index contributed by atoms with van der Waals surface area (Å²) in [5, 5.41) is 0. The monoisotopic (exact) mass is 261 g/mol. The van der Waals surface area contributed by atoms with Gasteiger partial charge in [-0.15, -0.1) is 0 Å². The van der Waals surface area contributed by atoms with Crippen molar-refractivity contribution >= 4 is 11.7 Å². The average Bonchev–Trinajstić information content (AvgIpc) is 2.71. The van der Waals surface area contributed by atoms with Crippen molar-refractivity contribution in [3.8, 4) is 0 Å². The van der Waals surface area contributed by atoms with Gasteiger partial charge in [0.05, 0.1) is 0 Å². The number of carbonyl (C=O) groups is 1. The first-order valence-electron chi connectivity index (χ1n) is 7.22. The number of rotatable bonds is 2. The zero-order valence-corrected chi connectivity index (χ0v) is 12.1. The molecule has 0 saturated carbocycles. The second kappa shape index (κ2) is 6.15. The second-order valence-electron chi connectivity index (χ2n) is 4.89. The maximum Gasteiger partial charge on any atom is 0.229 e. The van der Waals surface area contributed by atoms with Gasteiger partial charge in [-0.05, 0) is 38.6 Å². The van der Waals surface area contributed by atoms with Gasteiger partial charge in [0, 0.05) is 24.7 Å². The minimum atomic E-state index is 0.208. The summed E-state index contributed by atoms with van der Waals surface area (Å²) >= 11 is 0. The molecule has 19 heavy (non-hydrogen) atoms. The van der Waals surface area contributed by atoms with E-state index in [1.54, 1.807) is 0 Å². The molecule has 1 aromatic rings. The van der Waals surface area contributed by atoms with Gasteiger partial charge in [-0.2, -0.15) is 0 Å². The molecule has 0 N–H and O–H groups in total. The number of anilines is 1. The third kappa shape index (κ3) is 2.95. The first kappa shape index (κ1) is 14.0. The van der Waals surface area contributed by atoms with E-state index < -0.39 is 0 Å². The maximum atomic E-state index is 12.0. The zero-order chi connectivity index (χ0) is 13.8. The van der Waals surface area contributed by atoms with E-state index in [-0.39, 0.29) is 5.91 Å². The summed E-state index contributed by atoms with van der Waals surface area (Å²) < 4.78 is 0. The van der Waals surface area contributed by atoms with Gasteiger partial charge in [0.25, 0.3) is 0 Å². The normalized spacial score (nSPS) is 22.8. The van der Waals surface area contributed by atoms with Crippen LogP contribution in [0.1, 0.15) is 32.4 Å². The van der Waals surface area contributed by atoms with Crippen LogP contribution in [-0.4, -0.2) is 41.5 Å². The van der Waals surface area contributed by atoms with Gasteiger partial charge in [-0.3, -0.25) is 14.6 Å². The highest BCUT2D eigenvalue weighted by Gasteiger charge is 2.36. The van der Waals surface area contributed by atoms with Crippen molar-refractivity contribution in [1.82, 2.24) is 9.88 Å². The fourth-order valence-electron chi connectivity index (χ4n) is 2.54. The molecule has 4 nitrogen and oxygen atoms in total. The van der Waals surface area contributed by atoms with Gasteiger partial charge in [0.1, 0.15) is 5.82 Å². The first-order chi connectivity index (χ1) is 9.24. The minimum absolute atomic E-state index is 0.208. The van der Waals surface area contributed by atoms with Crippen LogP contribution in [0.5, 0.6) is 0 Å². The Morgan fingerprint density at radius 3 is 2.58 bits per heavy atom. The lowest BCUT2D eigenvalue weighted by atomic mass is 10.1. The average molecular weight is 261 g/mol. The highest BCUT2D eigenvalue weighted by Crippen LogP contribution is 2.25. The highest BCUT2D eigenvalue weighted by atomic mass is 16.2. The largest absolute Gasteiger partial charge is 0.298 e. The summed E-state index contributed by atoms with van der Waals surface area (Å²) in [5.41, 5.74) is 0.961. The molecule has 2 aliphatic heterocycles. The second-order valence-corrected chi connectivity index (χ2v) is 4.89. The molecule has 1 unspecified atom stereocenters. The van der Waals surface area contributed by atoms with Crippen LogP contribution < -0.4 is 4.90 Å². The van der Waals surface area contributed by atoms with Crippen molar-refractivity contribution in [2.45, 2.75) is 39.7 Å². The Bertz CT molecular complexity index is 443. The van der Waals surface area contributed by atoms with Crippen LogP contribution in [0, 0.1) is 6.92 Å². The smallest absolute Gasteiger partial charge is 0.229 e. The number of carbonyl (C=O) groups excluding carboxylic acids is 1. The minimum Gasteiger partial charge on any atom is -0.298 e. The lowest BCUT2D eigenvalue weighted by molar-refractivity contribution is -0.117. The number of hydrogen-bond acceptors (Lipinski definition) is 3. The van der Waals surface area contributed by atoms with Crippen molar-refractivity contribution in [1.29, 1.82) is 0 Å². The molecule has 104 valence electrons. The zero-order valence-electron chi connectivity index (χ0n) is 12.1. The van der Waals surface area contributed by atoms with Crippen LogP contribution in [-0.2, 0) is 4.79 Å². The summed E-state index contributed by atoms with van der Waals surface area (Å²) in [7, 11) is 0. The van der Waals surface area contributed by atoms with Gasteiger partial charge in [-0.25, -0.2) is 4.98 Å². The molecule has 3 heterocycles. The molecule has 3 rings (SSSR count). The topological polar surface area (TPSA) is 36.4 Å². The van der Waals surface area contributed by atoms with Gasteiger partial charge in [-0.1, -0.05) is 19.9 Å². The molecule has 0 aromatic carbocycles. The fraction of sp³-hybridized carbons (Fsp3) is 0.600. The molecule has 1 amide bonds. The molecular weight excluding hydrogens is 238 g/mol. The van der Waals surface area contributed by atoms with E-state index in [1.807, 2.05) is 43.9 Å². The molecule has 1 aromatic heterocycles. The summed E-state index contributed by atoms with van der Waals surface area (Å²) in [6.45, 7) is 9.05. The molecule has 0 spiro atoms. The molecule has 0 radical (unpaired) electrons. The van der Waals surface area contributed by atoms with E-state index in [2.05, 4.69) is 9.88 Å². The quantitative estimate of drug-likeness (QED) is 0.819. The van der Waals surface area contributed by atoms with Crippen molar-refractivity contribution in [2.24, 2.45) is 0 Å². The molecule has 4 heteroatoms. The number of amides is 1. The lowest BCUT2D eigenvalue weighted by Crippen LogP contribution is -2.46. The Morgan fingerprint density at radius 1 is 1.26 bits per heavy atom. The van der Waals surface area contributed by atoms with E-state index in [0.717, 1.165) is 31.1 Å². The first-order valence-corrected chi connectivity index (χ1v) is 7.22. The molecule has 2 fully saturated rings. The summed E-state index contributed by atoms with van der Waals surface area (Å²) in [6.07, 6.45) is 1.92. The van der Waals surface area contributed by atoms with Gasteiger partial charge >= 0.3 is 0 Å². The summed E-state index contributed by atoms with van der Waals surface area (Å²) in [4.78, 5) is 20.7. The van der Waals surface area contributed by atoms with E-state index in [9.17, 15) is 4.79 Å². The van der Waals surface area contributed by atoms with Crippen LogP contribution in [0.2, 0.25) is 0 Å². The van der Waals surface area contributed by atoms with Crippen LogP contribution in [0.3, 0.4) is 0 Å². The van der Waals surface area contributed by atoms with Crippen molar-refractivity contribution < 1.29 is 4.79 Å². The molecule has 2 aliphatic rings. The molecule has 0 aliphatic carbocycles. The molecule has 0 bridgehead atoms. The van der Waals surface area contributed by atoms with Crippen molar-refractivity contribution in [3.63, 3.8) is 0 Å². The Labute approximate surface area is 115 Å². The third-order valence-electron chi connectivity index (χ3n) is 3.66. The van der Waals surface area contributed by atoms with Crippen molar-refractivity contribution in [2.75, 3.05) is 24.5 Å². The van der Waals surface area contributed by atoms with Crippen LogP contribution in [0.25, 0.3) is 0 Å². The van der Waals surface area contributed by atoms with Crippen LogP contribution in [0.15, 0.2) is 18.2 Å². The van der Waals surface area contributed by atoms with E-state index in [0.29, 0.717) is 12.5 Å². The number of pyridine rings is 1. The molecule has 1 atom stereocenters. The van der Waals surface area contributed by atoms with Crippen LogP contribution in [0.4, 0.5) is 5.82 Å². The van der Waals surface area contributed by atoms with E-state index >= 15 is 0 Å². The third-order valence-corrected chi connectivity index (χ3v) is 3.66. The Kier molecular flexibility index (Phi) is 4.53. The number of likely N-dealkylation sites (tertiary alicyclic amines) is 1. The highest BCUT2D eigenvalue weighted by molar-refractivity contribution is 5.95. The Balaban J connectivity index is 0.000000637.